The van der Waals surface area contributed by atoms with E-state index in [4.69, 9.17) is 5.11 Å². The second-order valence-electron chi connectivity index (χ2n) is 6.32. The molecule has 2 aromatic rings. The van der Waals surface area contributed by atoms with E-state index >= 15 is 0 Å². The molecule has 1 aliphatic heterocycles. The largest absolute Gasteiger partial charge is 0.508 e. The van der Waals surface area contributed by atoms with Gasteiger partial charge in [-0.1, -0.05) is 48.0 Å². The standard InChI is InChI=1S/C20H20N2O4/c1-13-6-8-14(9-7-13)16-12-17(15-4-2-3-5-18(15)23)22(21-16)19(24)10-11-20(25)26/h2-9,17,23H,10-12H2,1H3,(H,25,26)/t17-/m0/s1. The number of phenols is 1. The molecule has 6 heteroatoms. The van der Waals surface area contributed by atoms with E-state index in [2.05, 4.69) is 5.10 Å². The average molecular weight is 352 g/mol. The third-order valence-corrected chi connectivity index (χ3v) is 4.40. The summed E-state index contributed by atoms with van der Waals surface area (Å²) in [5.74, 6) is -1.31. The van der Waals surface area contributed by atoms with Gasteiger partial charge < -0.3 is 10.2 Å². The first kappa shape index (κ1) is 17.7. The Morgan fingerprint density at radius 1 is 1.12 bits per heavy atom. The molecule has 2 N–H and O–H groups in total. The summed E-state index contributed by atoms with van der Waals surface area (Å²) in [5, 5.41) is 24.8. The van der Waals surface area contributed by atoms with Crippen LogP contribution in [0.1, 0.15) is 42.0 Å². The highest BCUT2D eigenvalue weighted by Crippen LogP contribution is 2.37. The Morgan fingerprint density at radius 2 is 1.81 bits per heavy atom. The van der Waals surface area contributed by atoms with Crippen LogP contribution in [-0.2, 0) is 9.59 Å². The summed E-state index contributed by atoms with van der Waals surface area (Å²) in [4.78, 5) is 23.3. The third-order valence-electron chi connectivity index (χ3n) is 4.40. The molecule has 0 spiro atoms. The number of amides is 1. The highest BCUT2D eigenvalue weighted by atomic mass is 16.4. The van der Waals surface area contributed by atoms with Crippen LogP contribution in [0.15, 0.2) is 53.6 Å². The number of nitrogens with zero attached hydrogens (tertiary/aromatic N) is 2. The number of carbonyl (C=O) groups excluding carboxylic acids is 1. The molecule has 0 saturated carbocycles. The molecular weight excluding hydrogens is 332 g/mol. The number of phenolic OH excluding ortho intramolecular Hbond substituents is 1. The molecule has 0 radical (unpaired) electrons. The number of aliphatic carboxylic acids is 1. The summed E-state index contributed by atoms with van der Waals surface area (Å²) in [6.45, 7) is 1.99. The van der Waals surface area contributed by atoms with Crippen molar-refractivity contribution in [1.29, 1.82) is 0 Å². The van der Waals surface area contributed by atoms with Crippen LogP contribution in [0.4, 0.5) is 0 Å². The number of hydrogen-bond acceptors (Lipinski definition) is 4. The molecule has 0 aliphatic carbocycles. The topological polar surface area (TPSA) is 90.2 Å². The van der Waals surface area contributed by atoms with Crippen molar-refractivity contribution in [2.24, 2.45) is 5.10 Å². The van der Waals surface area contributed by atoms with E-state index in [0.717, 1.165) is 16.8 Å². The molecule has 0 unspecified atom stereocenters. The third kappa shape index (κ3) is 3.74. The lowest BCUT2D eigenvalue weighted by atomic mass is 9.97. The second kappa shape index (κ2) is 7.39. The van der Waals surface area contributed by atoms with Gasteiger partial charge in [0.25, 0.3) is 0 Å². The lowest BCUT2D eigenvalue weighted by molar-refractivity contribution is -0.141. The quantitative estimate of drug-likeness (QED) is 0.864. The van der Waals surface area contributed by atoms with Crippen molar-refractivity contribution < 1.29 is 19.8 Å². The van der Waals surface area contributed by atoms with Gasteiger partial charge in [0.2, 0.25) is 5.91 Å². The number of rotatable bonds is 5. The molecule has 0 fully saturated rings. The molecule has 1 atom stereocenters. The highest BCUT2D eigenvalue weighted by Gasteiger charge is 2.34. The maximum Gasteiger partial charge on any atom is 0.303 e. The normalized spacial score (nSPS) is 16.4. The van der Waals surface area contributed by atoms with E-state index in [9.17, 15) is 14.7 Å². The van der Waals surface area contributed by atoms with Gasteiger partial charge in [-0.2, -0.15) is 5.10 Å². The number of para-hydroxylation sites is 1. The van der Waals surface area contributed by atoms with Crippen LogP contribution >= 0.6 is 0 Å². The Labute approximate surface area is 151 Å². The van der Waals surface area contributed by atoms with Crippen molar-refractivity contribution in [1.82, 2.24) is 5.01 Å². The smallest absolute Gasteiger partial charge is 0.303 e. The van der Waals surface area contributed by atoms with E-state index in [-0.39, 0.29) is 24.5 Å². The predicted octanol–water partition coefficient (Wildman–Crippen LogP) is 3.24. The first-order chi connectivity index (χ1) is 12.5. The van der Waals surface area contributed by atoms with E-state index in [1.165, 1.54) is 5.01 Å². The SMILES string of the molecule is Cc1ccc(C2=NN(C(=O)CCC(=O)O)[C@H](c3ccccc3O)C2)cc1. The molecular formula is C20H20N2O4. The maximum absolute atomic E-state index is 12.5. The monoisotopic (exact) mass is 352 g/mol. The second-order valence-corrected chi connectivity index (χ2v) is 6.32. The van der Waals surface area contributed by atoms with Crippen molar-refractivity contribution >= 4 is 17.6 Å². The average Bonchev–Trinajstić information content (AvgIpc) is 3.06. The van der Waals surface area contributed by atoms with Gasteiger partial charge in [-0.05, 0) is 18.6 Å². The fourth-order valence-electron chi connectivity index (χ4n) is 3.00. The van der Waals surface area contributed by atoms with Gasteiger partial charge in [0.1, 0.15) is 5.75 Å². The maximum atomic E-state index is 12.5. The van der Waals surface area contributed by atoms with E-state index < -0.39 is 12.0 Å². The van der Waals surface area contributed by atoms with Crippen molar-refractivity contribution in [3.8, 4) is 5.75 Å². The molecule has 1 aliphatic rings. The van der Waals surface area contributed by atoms with Gasteiger partial charge in [-0.25, -0.2) is 5.01 Å². The van der Waals surface area contributed by atoms with Gasteiger partial charge in [0, 0.05) is 18.4 Å². The lowest BCUT2D eigenvalue weighted by Crippen LogP contribution is -2.27. The number of carboxylic acid groups (broad SMARTS) is 1. The van der Waals surface area contributed by atoms with Crippen LogP contribution in [0.5, 0.6) is 5.75 Å². The van der Waals surface area contributed by atoms with Gasteiger partial charge >= 0.3 is 5.97 Å². The Morgan fingerprint density at radius 3 is 2.46 bits per heavy atom. The van der Waals surface area contributed by atoms with Gasteiger partial charge in [-0.3, -0.25) is 9.59 Å². The summed E-state index contributed by atoms with van der Waals surface area (Å²) in [7, 11) is 0. The van der Waals surface area contributed by atoms with Crippen LogP contribution < -0.4 is 0 Å². The fourth-order valence-corrected chi connectivity index (χ4v) is 3.00. The predicted molar refractivity (Wildman–Crippen MR) is 96.9 cm³/mol. The van der Waals surface area contributed by atoms with Crippen LogP contribution in [0.2, 0.25) is 0 Å². The van der Waals surface area contributed by atoms with Crippen LogP contribution in [0.25, 0.3) is 0 Å². The minimum Gasteiger partial charge on any atom is -0.508 e. The number of hydrogen-bond donors (Lipinski definition) is 2. The van der Waals surface area contributed by atoms with Crippen LogP contribution in [-0.4, -0.2) is 32.8 Å². The van der Waals surface area contributed by atoms with E-state index in [0.29, 0.717) is 12.0 Å². The number of benzene rings is 2. The Hall–Kier alpha value is -3.15. The molecule has 1 heterocycles. The molecule has 6 nitrogen and oxygen atoms in total. The molecule has 0 bridgehead atoms. The number of carbonyl (C=O) groups is 2. The van der Waals surface area contributed by atoms with E-state index in [1.54, 1.807) is 24.3 Å². The zero-order valence-electron chi connectivity index (χ0n) is 14.4. The molecule has 134 valence electrons. The first-order valence-corrected chi connectivity index (χ1v) is 8.42. The van der Waals surface area contributed by atoms with Crippen molar-refractivity contribution in [2.75, 3.05) is 0 Å². The number of hydrazone groups is 1. The Bertz CT molecular complexity index is 858. The minimum absolute atomic E-state index is 0.0916. The van der Waals surface area contributed by atoms with Gasteiger partial charge in [0.15, 0.2) is 0 Å². The van der Waals surface area contributed by atoms with Crippen LogP contribution in [0, 0.1) is 6.92 Å². The molecule has 0 saturated heterocycles. The van der Waals surface area contributed by atoms with E-state index in [1.807, 2.05) is 31.2 Å². The summed E-state index contributed by atoms with van der Waals surface area (Å²) >= 11 is 0. The molecule has 26 heavy (non-hydrogen) atoms. The number of carboxylic acids is 1. The molecule has 3 rings (SSSR count). The summed E-state index contributed by atoms with van der Waals surface area (Å²) in [6, 6.07) is 14.2. The summed E-state index contributed by atoms with van der Waals surface area (Å²) in [6.07, 6.45) is 0.0712. The van der Waals surface area contributed by atoms with Crippen LogP contribution in [0.3, 0.4) is 0 Å². The fraction of sp³-hybridized carbons (Fsp3) is 0.250. The van der Waals surface area contributed by atoms with Gasteiger partial charge in [-0.15, -0.1) is 0 Å². The zero-order chi connectivity index (χ0) is 18.7. The lowest BCUT2D eigenvalue weighted by Gasteiger charge is -2.22. The summed E-state index contributed by atoms with van der Waals surface area (Å²) in [5.41, 5.74) is 3.37. The zero-order valence-corrected chi connectivity index (χ0v) is 14.4. The Balaban J connectivity index is 1.93. The molecule has 2 aromatic carbocycles. The van der Waals surface area contributed by atoms with Crippen molar-refractivity contribution in [2.45, 2.75) is 32.2 Å². The molecule has 0 aromatic heterocycles. The van der Waals surface area contributed by atoms with Crippen molar-refractivity contribution in [3.63, 3.8) is 0 Å². The molecule has 1 amide bonds. The van der Waals surface area contributed by atoms with Crippen molar-refractivity contribution in [3.05, 3.63) is 65.2 Å². The highest BCUT2D eigenvalue weighted by molar-refractivity contribution is 6.03. The van der Waals surface area contributed by atoms with Gasteiger partial charge in [0.05, 0.1) is 18.2 Å². The first-order valence-electron chi connectivity index (χ1n) is 8.42. The Kier molecular flexibility index (Phi) is 5.02. The number of aromatic hydroxyl groups is 1. The number of aryl methyl sites for hydroxylation is 1. The minimum atomic E-state index is -1.03. The summed E-state index contributed by atoms with van der Waals surface area (Å²) < 4.78 is 0.